The van der Waals surface area contributed by atoms with Crippen LogP contribution >= 0.6 is 0 Å². The van der Waals surface area contributed by atoms with Gasteiger partial charge in [-0.25, -0.2) is 0 Å². The van der Waals surface area contributed by atoms with Crippen molar-refractivity contribution in [2.45, 2.75) is 26.2 Å². The lowest BCUT2D eigenvalue weighted by molar-refractivity contribution is 0.120. The number of hydrogen-bond acceptors (Lipinski definition) is 5. The summed E-state index contributed by atoms with van der Waals surface area (Å²) in [6, 6.07) is 1.99. The standard InChI is InChI=1S/C17H25N5O/c1-13-9-16(21-20-13)17-12-18-15(11-19-17)10-14-3-5-22(6-4-14)7-8-23-2/h9,11-12,14H,3-8,10H2,1-2H3,(H,20,21). The molecule has 6 nitrogen and oxygen atoms in total. The van der Waals surface area contributed by atoms with Crippen LogP contribution in [-0.4, -0.2) is 58.4 Å². The van der Waals surface area contributed by atoms with Crippen LogP contribution in [0.15, 0.2) is 18.5 Å². The van der Waals surface area contributed by atoms with E-state index < -0.39 is 0 Å². The van der Waals surface area contributed by atoms with E-state index in [1.165, 1.54) is 12.8 Å². The second kappa shape index (κ2) is 7.66. The molecule has 3 rings (SSSR count). The minimum absolute atomic E-state index is 0.710. The molecule has 0 atom stereocenters. The number of hydrogen-bond donors (Lipinski definition) is 1. The van der Waals surface area contributed by atoms with Crippen molar-refractivity contribution in [2.75, 3.05) is 33.4 Å². The van der Waals surface area contributed by atoms with E-state index >= 15 is 0 Å². The van der Waals surface area contributed by atoms with E-state index in [1.54, 1.807) is 7.11 Å². The number of H-pyrrole nitrogens is 1. The number of nitrogens with one attached hydrogen (secondary N) is 1. The Morgan fingerprint density at radius 3 is 2.65 bits per heavy atom. The molecule has 2 aromatic heterocycles. The fourth-order valence-electron chi connectivity index (χ4n) is 3.07. The van der Waals surface area contributed by atoms with Crippen molar-refractivity contribution in [3.8, 4) is 11.4 Å². The molecule has 124 valence electrons. The number of aromatic nitrogens is 4. The molecule has 0 aromatic carbocycles. The first-order chi connectivity index (χ1) is 11.2. The molecule has 6 heteroatoms. The van der Waals surface area contributed by atoms with Crippen LogP contribution in [0, 0.1) is 12.8 Å². The number of piperidine rings is 1. The lowest BCUT2D eigenvalue weighted by Crippen LogP contribution is -2.36. The minimum atomic E-state index is 0.710. The summed E-state index contributed by atoms with van der Waals surface area (Å²) in [4.78, 5) is 11.6. The molecule has 0 unspecified atom stereocenters. The first kappa shape index (κ1) is 16.1. The van der Waals surface area contributed by atoms with Gasteiger partial charge in [0, 0.05) is 25.5 Å². The number of rotatable bonds is 6. The van der Waals surface area contributed by atoms with Gasteiger partial charge in [0.1, 0.15) is 11.4 Å². The fourth-order valence-corrected chi connectivity index (χ4v) is 3.07. The third-order valence-electron chi connectivity index (χ3n) is 4.49. The van der Waals surface area contributed by atoms with Crippen LogP contribution < -0.4 is 0 Å². The van der Waals surface area contributed by atoms with Gasteiger partial charge in [-0.3, -0.25) is 15.1 Å². The lowest BCUT2D eigenvalue weighted by atomic mass is 9.92. The summed E-state index contributed by atoms with van der Waals surface area (Å²) in [7, 11) is 1.76. The van der Waals surface area contributed by atoms with Crippen LogP contribution in [0.4, 0.5) is 0 Å². The van der Waals surface area contributed by atoms with Gasteiger partial charge in [0.05, 0.1) is 18.5 Å². The van der Waals surface area contributed by atoms with Crippen molar-refractivity contribution < 1.29 is 4.74 Å². The number of methoxy groups -OCH3 is 1. The van der Waals surface area contributed by atoms with E-state index in [9.17, 15) is 0 Å². The third kappa shape index (κ3) is 4.36. The van der Waals surface area contributed by atoms with Gasteiger partial charge in [-0.2, -0.15) is 5.10 Å². The topological polar surface area (TPSA) is 66.9 Å². The van der Waals surface area contributed by atoms with Crippen molar-refractivity contribution in [1.29, 1.82) is 0 Å². The summed E-state index contributed by atoms with van der Waals surface area (Å²) in [6.07, 6.45) is 7.21. The second-order valence-electron chi connectivity index (χ2n) is 6.31. The molecule has 0 radical (unpaired) electrons. The molecule has 3 heterocycles. The highest BCUT2D eigenvalue weighted by Gasteiger charge is 2.19. The quantitative estimate of drug-likeness (QED) is 0.884. The van der Waals surface area contributed by atoms with Gasteiger partial charge < -0.3 is 9.64 Å². The maximum Gasteiger partial charge on any atom is 0.112 e. The van der Waals surface area contributed by atoms with Gasteiger partial charge in [-0.1, -0.05) is 0 Å². The zero-order valence-electron chi connectivity index (χ0n) is 14.0. The van der Waals surface area contributed by atoms with E-state index in [-0.39, 0.29) is 0 Å². The van der Waals surface area contributed by atoms with Crippen molar-refractivity contribution in [1.82, 2.24) is 25.1 Å². The van der Waals surface area contributed by atoms with E-state index in [0.29, 0.717) is 5.92 Å². The maximum absolute atomic E-state index is 5.15. The highest BCUT2D eigenvalue weighted by Crippen LogP contribution is 2.21. The van der Waals surface area contributed by atoms with Gasteiger partial charge in [-0.05, 0) is 51.3 Å². The van der Waals surface area contributed by atoms with E-state index in [4.69, 9.17) is 4.74 Å². The summed E-state index contributed by atoms with van der Waals surface area (Å²) in [5, 5.41) is 7.16. The molecular formula is C17H25N5O. The smallest absolute Gasteiger partial charge is 0.112 e. The Morgan fingerprint density at radius 2 is 2.04 bits per heavy atom. The monoisotopic (exact) mass is 315 g/mol. The Kier molecular flexibility index (Phi) is 5.35. The predicted octanol–water partition coefficient (Wildman–Crippen LogP) is 2.08. The maximum atomic E-state index is 5.15. The number of aromatic amines is 1. The van der Waals surface area contributed by atoms with E-state index in [2.05, 4.69) is 25.1 Å². The zero-order chi connectivity index (χ0) is 16.1. The molecular weight excluding hydrogens is 290 g/mol. The molecule has 1 fully saturated rings. The molecule has 0 saturated carbocycles. The summed E-state index contributed by atoms with van der Waals surface area (Å²) in [5.41, 5.74) is 3.79. The highest BCUT2D eigenvalue weighted by atomic mass is 16.5. The SMILES string of the molecule is COCCN1CCC(Cc2cnc(-c3cc(C)[nH]n3)cn2)CC1. The van der Waals surface area contributed by atoms with Crippen LogP contribution in [0.5, 0.6) is 0 Å². The normalized spacial score (nSPS) is 16.8. The average molecular weight is 315 g/mol. The van der Waals surface area contributed by atoms with Crippen molar-refractivity contribution in [3.63, 3.8) is 0 Å². The molecule has 2 aromatic rings. The number of aryl methyl sites for hydroxylation is 1. The third-order valence-corrected chi connectivity index (χ3v) is 4.49. The summed E-state index contributed by atoms with van der Waals surface area (Å²) >= 11 is 0. The largest absolute Gasteiger partial charge is 0.383 e. The van der Waals surface area contributed by atoms with Gasteiger partial charge in [0.25, 0.3) is 0 Å². The average Bonchev–Trinajstić information content (AvgIpc) is 3.01. The molecule has 0 spiro atoms. The van der Waals surface area contributed by atoms with Gasteiger partial charge in [0.15, 0.2) is 0 Å². The second-order valence-corrected chi connectivity index (χ2v) is 6.31. The molecule has 1 saturated heterocycles. The summed E-state index contributed by atoms with van der Waals surface area (Å²) < 4.78 is 5.15. The van der Waals surface area contributed by atoms with E-state index in [1.807, 2.05) is 25.4 Å². The van der Waals surface area contributed by atoms with E-state index in [0.717, 1.165) is 55.4 Å². The first-order valence-electron chi connectivity index (χ1n) is 8.29. The highest BCUT2D eigenvalue weighted by molar-refractivity contribution is 5.52. The Hall–Kier alpha value is -1.79. The number of likely N-dealkylation sites (tertiary alicyclic amines) is 1. The van der Waals surface area contributed by atoms with Crippen LogP contribution in [0.25, 0.3) is 11.4 Å². The fraction of sp³-hybridized carbons (Fsp3) is 0.588. The Morgan fingerprint density at radius 1 is 1.22 bits per heavy atom. The first-order valence-corrected chi connectivity index (χ1v) is 8.29. The van der Waals surface area contributed by atoms with Crippen molar-refractivity contribution in [2.24, 2.45) is 5.92 Å². The molecule has 1 aliphatic rings. The van der Waals surface area contributed by atoms with Crippen molar-refractivity contribution in [3.05, 3.63) is 29.8 Å². The van der Waals surface area contributed by atoms with Gasteiger partial charge in [0.2, 0.25) is 0 Å². The van der Waals surface area contributed by atoms with Crippen molar-refractivity contribution >= 4 is 0 Å². The molecule has 0 bridgehead atoms. The molecule has 1 N–H and O–H groups in total. The molecule has 1 aliphatic heterocycles. The predicted molar refractivity (Wildman–Crippen MR) is 89.1 cm³/mol. The molecule has 23 heavy (non-hydrogen) atoms. The summed E-state index contributed by atoms with van der Waals surface area (Å²) in [6.45, 7) is 6.17. The van der Waals surface area contributed by atoms with Crippen LogP contribution in [0.2, 0.25) is 0 Å². The zero-order valence-corrected chi connectivity index (χ0v) is 14.0. The Balaban J connectivity index is 1.51. The Labute approximate surface area is 137 Å². The summed E-state index contributed by atoms with van der Waals surface area (Å²) in [5.74, 6) is 0.710. The van der Waals surface area contributed by atoms with Crippen LogP contribution in [0.1, 0.15) is 24.2 Å². The molecule has 0 aliphatic carbocycles. The van der Waals surface area contributed by atoms with Gasteiger partial charge in [-0.15, -0.1) is 0 Å². The Bertz CT molecular complexity index is 602. The van der Waals surface area contributed by atoms with Crippen LogP contribution in [-0.2, 0) is 11.2 Å². The van der Waals surface area contributed by atoms with Gasteiger partial charge >= 0.3 is 0 Å². The number of nitrogens with zero attached hydrogens (tertiary/aromatic N) is 4. The minimum Gasteiger partial charge on any atom is -0.383 e. The lowest BCUT2D eigenvalue weighted by Gasteiger charge is -2.31. The van der Waals surface area contributed by atoms with Crippen LogP contribution in [0.3, 0.4) is 0 Å². The number of ether oxygens (including phenoxy) is 1. The molecule has 0 amide bonds.